The van der Waals surface area contributed by atoms with Gasteiger partial charge in [-0.3, -0.25) is 0 Å². The molecular formula is C25H45N3O8Si. The number of amides is 1. The SMILES string of the molecule is COC(=O)C=C(ON=C(N)C1(NC(=O)OC(C)(C)C)CCC(CO[Si](C)(C)C(C)(C)C)CC1)C(=O)OC. The molecule has 1 saturated carbocycles. The second-order valence-corrected chi connectivity index (χ2v) is 16.6. The van der Waals surface area contributed by atoms with Gasteiger partial charge in [0.05, 0.1) is 20.3 Å². The molecule has 1 aliphatic carbocycles. The van der Waals surface area contributed by atoms with E-state index in [1.54, 1.807) is 20.8 Å². The zero-order valence-electron chi connectivity index (χ0n) is 24.0. The van der Waals surface area contributed by atoms with Crippen molar-refractivity contribution in [2.24, 2.45) is 16.8 Å². The summed E-state index contributed by atoms with van der Waals surface area (Å²) < 4.78 is 21.0. The van der Waals surface area contributed by atoms with Crippen molar-refractivity contribution in [2.75, 3.05) is 20.8 Å². The van der Waals surface area contributed by atoms with Crippen molar-refractivity contribution in [3.8, 4) is 0 Å². The second-order valence-electron chi connectivity index (χ2n) is 11.8. The average Bonchev–Trinajstić information content (AvgIpc) is 2.78. The highest BCUT2D eigenvalue weighted by atomic mass is 28.4. The van der Waals surface area contributed by atoms with Crippen LogP contribution in [0.25, 0.3) is 0 Å². The van der Waals surface area contributed by atoms with Crippen molar-refractivity contribution in [1.82, 2.24) is 5.32 Å². The molecule has 0 aliphatic heterocycles. The molecule has 1 aliphatic rings. The number of rotatable bonds is 9. The minimum atomic E-state index is -1.90. The van der Waals surface area contributed by atoms with Gasteiger partial charge in [0.2, 0.25) is 5.76 Å². The third-order valence-electron chi connectivity index (χ3n) is 6.75. The van der Waals surface area contributed by atoms with E-state index in [4.69, 9.17) is 19.7 Å². The summed E-state index contributed by atoms with van der Waals surface area (Å²) >= 11 is 0. The number of oxime groups is 1. The van der Waals surface area contributed by atoms with Gasteiger partial charge in [-0.25, -0.2) is 14.4 Å². The fourth-order valence-corrected chi connectivity index (χ4v) is 4.48. The molecule has 0 heterocycles. The maximum Gasteiger partial charge on any atom is 0.408 e. The molecule has 11 nitrogen and oxygen atoms in total. The summed E-state index contributed by atoms with van der Waals surface area (Å²) in [4.78, 5) is 41.5. The predicted molar refractivity (Wildman–Crippen MR) is 142 cm³/mol. The number of nitrogens with zero attached hydrogens (tertiary/aromatic N) is 1. The van der Waals surface area contributed by atoms with Gasteiger partial charge >= 0.3 is 18.0 Å². The van der Waals surface area contributed by atoms with Gasteiger partial charge in [-0.15, -0.1) is 0 Å². The molecule has 0 bridgehead atoms. The van der Waals surface area contributed by atoms with Crippen LogP contribution in [0.4, 0.5) is 4.79 Å². The van der Waals surface area contributed by atoms with Gasteiger partial charge < -0.3 is 34.5 Å². The Balaban J connectivity index is 3.13. The molecule has 212 valence electrons. The van der Waals surface area contributed by atoms with Crippen molar-refractivity contribution < 1.29 is 37.9 Å². The lowest BCUT2D eigenvalue weighted by molar-refractivity contribution is -0.142. The summed E-state index contributed by atoms with van der Waals surface area (Å²) in [5, 5.41) is 6.86. The summed E-state index contributed by atoms with van der Waals surface area (Å²) in [5.74, 6) is -2.08. The summed E-state index contributed by atoms with van der Waals surface area (Å²) in [6.07, 6.45) is 2.46. The van der Waals surface area contributed by atoms with Crippen molar-refractivity contribution in [1.29, 1.82) is 0 Å². The number of alkyl carbamates (subject to hydrolysis) is 1. The van der Waals surface area contributed by atoms with E-state index in [9.17, 15) is 14.4 Å². The first-order valence-electron chi connectivity index (χ1n) is 12.4. The number of ether oxygens (including phenoxy) is 3. The minimum Gasteiger partial charge on any atom is -0.466 e. The number of nitrogens with two attached hydrogens (primary N) is 1. The van der Waals surface area contributed by atoms with Crippen LogP contribution in [0.15, 0.2) is 17.0 Å². The Labute approximate surface area is 221 Å². The van der Waals surface area contributed by atoms with Crippen LogP contribution in [0.1, 0.15) is 67.2 Å². The molecule has 0 aromatic rings. The number of nitrogens with one attached hydrogen (secondary N) is 1. The fraction of sp³-hybridized carbons (Fsp3) is 0.760. The van der Waals surface area contributed by atoms with Crippen LogP contribution in [0.3, 0.4) is 0 Å². The number of carbonyl (C=O) groups excluding carboxylic acids is 3. The van der Waals surface area contributed by atoms with Crippen LogP contribution in [-0.2, 0) is 33.1 Å². The van der Waals surface area contributed by atoms with Crippen LogP contribution in [-0.4, -0.2) is 64.2 Å². The molecule has 0 spiro atoms. The molecular weight excluding hydrogens is 498 g/mol. The summed E-state index contributed by atoms with van der Waals surface area (Å²) in [5.41, 5.74) is 4.53. The van der Waals surface area contributed by atoms with Gasteiger partial charge in [0.25, 0.3) is 0 Å². The second kappa shape index (κ2) is 12.8. The van der Waals surface area contributed by atoms with Gasteiger partial charge in [-0.1, -0.05) is 25.9 Å². The van der Waals surface area contributed by atoms with Crippen molar-refractivity contribution in [3.63, 3.8) is 0 Å². The number of carbonyl (C=O) groups is 3. The van der Waals surface area contributed by atoms with Crippen LogP contribution in [0.5, 0.6) is 0 Å². The lowest BCUT2D eigenvalue weighted by Crippen LogP contribution is -2.60. The number of hydrogen-bond acceptors (Lipinski definition) is 9. The van der Waals surface area contributed by atoms with Gasteiger partial charge in [-0.05, 0) is 70.5 Å². The van der Waals surface area contributed by atoms with E-state index in [0.29, 0.717) is 32.3 Å². The van der Waals surface area contributed by atoms with E-state index < -0.39 is 43.2 Å². The molecule has 0 unspecified atom stereocenters. The molecule has 3 N–H and O–H groups in total. The highest BCUT2D eigenvalue weighted by Gasteiger charge is 2.43. The molecule has 0 radical (unpaired) electrons. The Hall–Kier alpha value is -2.60. The fourth-order valence-electron chi connectivity index (χ4n) is 3.40. The van der Waals surface area contributed by atoms with Crippen molar-refractivity contribution in [2.45, 2.75) is 96.5 Å². The maximum atomic E-state index is 12.7. The van der Waals surface area contributed by atoms with E-state index in [2.05, 4.69) is 53.8 Å². The van der Waals surface area contributed by atoms with E-state index in [1.165, 1.54) is 0 Å². The molecule has 0 saturated heterocycles. The smallest absolute Gasteiger partial charge is 0.408 e. The zero-order valence-corrected chi connectivity index (χ0v) is 25.0. The molecule has 1 rings (SSSR count). The molecule has 1 fully saturated rings. The Morgan fingerprint density at radius 3 is 2.08 bits per heavy atom. The number of esters is 2. The standard InChI is InChI=1S/C25H45N3O8Si/c1-23(2,3)35-22(31)27-25(21(26)28-36-18(20(30)33-8)15-19(29)32-7)13-11-17(12-14-25)16-34-37(9,10)24(4,5)6/h15,17H,11-14,16H2,1-10H3,(H2,26,28)(H,27,31). The largest absolute Gasteiger partial charge is 0.466 e. The van der Waals surface area contributed by atoms with E-state index in [1.807, 2.05) is 0 Å². The topological polar surface area (TPSA) is 148 Å². The predicted octanol–water partition coefficient (Wildman–Crippen LogP) is 3.98. The van der Waals surface area contributed by atoms with Crippen LogP contribution in [0.2, 0.25) is 18.1 Å². The molecule has 0 aromatic heterocycles. The van der Waals surface area contributed by atoms with Gasteiger partial charge in [-0.2, -0.15) is 0 Å². The highest BCUT2D eigenvalue weighted by molar-refractivity contribution is 6.74. The zero-order chi connectivity index (χ0) is 28.7. The first-order valence-corrected chi connectivity index (χ1v) is 15.3. The highest BCUT2D eigenvalue weighted by Crippen LogP contribution is 2.39. The third kappa shape index (κ3) is 9.99. The van der Waals surface area contributed by atoms with Crippen molar-refractivity contribution >= 4 is 32.2 Å². The third-order valence-corrected chi connectivity index (χ3v) is 11.3. The monoisotopic (exact) mass is 543 g/mol. The van der Waals surface area contributed by atoms with E-state index in [-0.39, 0.29) is 16.8 Å². The Bertz CT molecular complexity index is 879. The molecule has 37 heavy (non-hydrogen) atoms. The molecule has 12 heteroatoms. The Kier molecular flexibility index (Phi) is 11.2. The van der Waals surface area contributed by atoms with Crippen molar-refractivity contribution in [3.05, 3.63) is 11.8 Å². The first kappa shape index (κ1) is 32.4. The van der Waals surface area contributed by atoms with E-state index >= 15 is 0 Å². The summed E-state index contributed by atoms with van der Waals surface area (Å²) in [6.45, 7) is 16.9. The Morgan fingerprint density at radius 2 is 1.62 bits per heavy atom. The molecule has 0 aromatic carbocycles. The van der Waals surface area contributed by atoms with Crippen LogP contribution >= 0.6 is 0 Å². The quantitative estimate of drug-likeness (QED) is 0.0644. The van der Waals surface area contributed by atoms with Gasteiger partial charge in [0.15, 0.2) is 14.2 Å². The Morgan fingerprint density at radius 1 is 1.05 bits per heavy atom. The lowest BCUT2D eigenvalue weighted by atomic mass is 9.76. The molecule has 1 amide bonds. The summed E-state index contributed by atoms with van der Waals surface area (Å²) in [7, 11) is 0.377. The maximum absolute atomic E-state index is 12.7. The van der Waals surface area contributed by atoms with Crippen LogP contribution < -0.4 is 11.1 Å². The number of methoxy groups -OCH3 is 2. The van der Waals surface area contributed by atoms with Crippen LogP contribution in [0, 0.1) is 5.92 Å². The number of hydrogen-bond donors (Lipinski definition) is 2. The average molecular weight is 544 g/mol. The number of amidine groups is 1. The van der Waals surface area contributed by atoms with Gasteiger partial charge in [0, 0.05) is 6.61 Å². The minimum absolute atomic E-state index is 0.0678. The first-order chi connectivity index (χ1) is 16.9. The molecule has 0 atom stereocenters. The summed E-state index contributed by atoms with van der Waals surface area (Å²) in [6, 6.07) is 0. The lowest BCUT2D eigenvalue weighted by Gasteiger charge is -2.42. The van der Waals surface area contributed by atoms with Gasteiger partial charge in [0.1, 0.15) is 11.1 Å². The normalized spacial score (nSPS) is 21.6. The van der Waals surface area contributed by atoms with E-state index in [0.717, 1.165) is 20.3 Å².